The fourth-order valence-electron chi connectivity index (χ4n) is 2.04. The number of anilines is 1. The van der Waals surface area contributed by atoms with E-state index in [1.54, 1.807) is 24.3 Å². The van der Waals surface area contributed by atoms with Crippen LogP contribution in [0.15, 0.2) is 28.7 Å². The molecule has 1 aromatic carbocycles. The van der Waals surface area contributed by atoms with Crippen molar-refractivity contribution in [3.63, 3.8) is 0 Å². The molecule has 4 N–H and O–H groups in total. The third kappa shape index (κ3) is 4.63. The first-order valence-corrected chi connectivity index (χ1v) is 9.32. The largest absolute Gasteiger partial charge is 0.321 e. The molecular formula is C14H17BrN4O3S. The second kappa shape index (κ2) is 6.81. The second-order valence-corrected chi connectivity index (χ2v) is 7.82. The highest BCUT2D eigenvalue weighted by Crippen LogP contribution is 2.26. The molecule has 2 aromatic rings. The van der Waals surface area contributed by atoms with Crippen molar-refractivity contribution in [2.75, 3.05) is 5.32 Å². The fourth-order valence-corrected chi connectivity index (χ4v) is 3.50. The third-order valence-electron chi connectivity index (χ3n) is 3.08. The van der Waals surface area contributed by atoms with Crippen molar-refractivity contribution in [1.82, 2.24) is 10.2 Å². The van der Waals surface area contributed by atoms with Gasteiger partial charge in [-0.2, -0.15) is 5.10 Å². The predicted octanol–water partition coefficient (Wildman–Crippen LogP) is 2.34. The van der Waals surface area contributed by atoms with Crippen LogP contribution in [0.25, 0.3) is 0 Å². The summed E-state index contributed by atoms with van der Waals surface area (Å²) in [7, 11) is -3.63. The standard InChI is InChI=1S/C14H17BrN4O3S/c1-8(2)12-11(15)13(19-18-12)14(20)17-10-5-3-4-9(6-10)7-23(16,21)22/h3-6,8H,7H2,1-2H3,(H,17,20)(H,18,19)(H2,16,21,22). The number of rotatable bonds is 5. The molecule has 0 aliphatic rings. The molecule has 23 heavy (non-hydrogen) atoms. The Hall–Kier alpha value is -1.71. The van der Waals surface area contributed by atoms with Crippen LogP contribution in [0.5, 0.6) is 0 Å². The Morgan fingerprint density at radius 2 is 2.13 bits per heavy atom. The lowest BCUT2D eigenvalue weighted by molar-refractivity contribution is 0.102. The first kappa shape index (κ1) is 17.6. The summed E-state index contributed by atoms with van der Waals surface area (Å²) < 4.78 is 22.9. The van der Waals surface area contributed by atoms with E-state index in [0.29, 0.717) is 15.7 Å². The first-order chi connectivity index (χ1) is 10.7. The molecule has 9 heteroatoms. The van der Waals surface area contributed by atoms with Gasteiger partial charge in [-0.1, -0.05) is 26.0 Å². The van der Waals surface area contributed by atoms with Gasteiger partial charge in [-0.25, -0.2) is 13.6 Å². The summed E-state index contributed by atoms with van der Waals surface area (Å²) >= 11 is 3.37. The SMILES string of the molecule is CC(C)c1[nH]nc(C(=O)Nc2cccc(CS(N)(=O)=O)c2)c1Br. The number of nitrogens with two attached hydrogens (primary N) is 1. The van der Waals surface area contributed by atoms with Crippen molar-refractivity contribution in [3.05, 3.63) is 45.7 Å². The smallest absolute Gasteiger partial charge is 0.277 e. The molecular weight excluding hydrogens is 384 g/mol. The van der Waals surface area contributed by atoms with Gasteiger partial charge < -0.3 is 5.32 Å². The predicted molar refractivity (Wildman–Crippen MR) is 91.6 cm³/mol. The van der Waals surface area contributed by atoms with Crippen molar-refractivity contribution in [1.29, 1.82) is 0 Å². The minimum absolute atomic E-state index is 0.191. The third-order valence-corrected chi connectivity index (χ3v) is 4.62. The number of hydrogen-bond donors (Lipinski definition) is 3. The molecule has 0 spiro atoms. The van der Waals surface area contributed by atoms with Gasteiger partial charge in [0, 0.05) is 5.69 Å². The number of carbonyl (C=O) groups is 1. The maximum atomic E-state index is 12.3. The van der Waals surface area contributed by atoms with Crippen LogP contribution in [0.3, 0.4) is 0 Å². The molecule has 0 aliphatic carbocycles. The first-order valence-electron chi connectivity index (χ1n) is 6.82. The lowest BCUT2D eigenvalue weighted by Crippen LogP contribution is -2.15. The molecule has 0 bridgehead atoms. The van der Waals surface area contributed by atoms with Crippen LogP contribution in [0.4, 0.5) is 5.69 Å². The average Bonchev–Trinajstić information content (AvgIpc) is 2.79. The van der Waals surface area contributed by atoms with Crippen LogP contribution in [-0.2, 0) is 15.8 Å². The number of sulfonamides is 1. The van der Waals surface area contributed by atoms with E-state index in [-0.39, 0.29) is 17.4 Å². The maximum Gasteiger partial charge on any atom is 0.277 e. The Balaban J connectivity index is 2.19. The molecule has 0 atom stereocenters. The number of hydrogen-bond acceptors (Lipinski definition) is 4. The molecule has 1 aromatic heterocycles. The van der Waals surface area contributed by atoms with Gasteiger partial charge in [0.1, 0.15) is 0 Å². The van der Waals surface area contributed by atoms with Gasteiger partial charge >= 0.3 is 0 Å². The lowest BCUT2D eigenvalue weighted by Gasteiger charge is -2.06. The quantitative estimate of drug-likeness (QED) is 0.713. The number of H-pyrrole nitrogens is 1. The summed E-state index contributed by atoms with van der Waals surface area (Å²) in [6.45, 7) is 3.97. The molecule has 1 heterocycles. The van der Waals surface area contributed by atoms with Crippen molar-refractivity contribution in [2.45, 2.75) is 25.5 Å². The number of benzene rings is 1. The molecule has 2 rings (SSSR count). The van der Waals surface area contributed by atoms with Crippen LogP contribution in [0.1, 0.15) is 41.5 Å². The lowest BCUT2D eigenvalue weighted by atomic mass is 10.1. The topological polar surface area (TPSA) is 118 Å². The van der Waals surface area contributed by atoms with E-state index < -0.39 is 15.9 Å². The Morgan fingerprint density at radius 3 is 2.70 bits per heavy atom. The van der Waals surface area contributed by atoms with Crippen LogP contribution >= 0.6 is 15.9 Å². The maximum absolute atomic E-state index is 12.3. The van der Waals surface area contributed by atoms with E-state index in [1.807, 2.05) is 13.8 Å². The molecule has 0 aliphatic heterocycles. The summed E-state index contributed by atoms with van der Waals surface area (Å²) in [6.07, 6.45) is 0. The number of nitrogens with zero attached hydrogens (tertiary/aromatic N) is 1. The number of amides is 1. The zero-order valence-corrected chi connectivity index (χ0v) is 15.0. The fraction of sp³-hybridized carbons (Fsp3) is 0.286. The summed E-state index contributed by atoms with van der Waals surface area (Å²) in [5, 5.41) is 14.6. The highest BCUT2D eigenvalue weighted by Gasteiger charge is 2.19. The van der Waals surface area contributed by atoms with Gasteiger partial charge in [0.15, 0.2) is 5.69 Å². The van der Waals surface area contributed by atoms with Crippen molar-refractivity contribution in [2.24, 2.45) is 5.14 Å². The van der Waals surface area contributed by atoms with Gasteiger partial charge in [0.25, 0.3) is 5.91 Å². The van der Waals surface area contributed by atoms with E-state index >= 15 is 0 Å². The Bertz CT molecular complexity index is 830. The van der Waals surface area contributed by atoms with E-state index in [0.717, 1.165) is 5.69 Å². The number of nitrogens with one attached hydrogen (secondary N) is 2. The Morgan fingerprint density at radius 1 is 1.43 bits per heavy atom. The number of halogens is 1. The molecule has 7 nitrogen and oxygen atoms in total. The van der Waals surface area contributed by atoms with Crippen LogP contribution < -0.4 is 10.5 Å². The summed E-state index contributed by atoms with van der Waals surface area (Å²) in [5.74, 6) is -0.496. The Kier molecular flexibility index (Phi) is 5.23. The zero-order chi connectivity index (χ0) is 17.2. The van der Waals surface area contributed by atoms with Gasteiger partial charge in [-0.05, 0) is 39.5 Å². The minimum Gasteiger partial charge on any atom is -0.321 e. The normalized spacial score (nSPS) is 11.7. The monoisotopic (exact) mass is 400 g/mol. The second-order valence-electron chi connectivity index (χ2n) is 5.42. The molecule has 0 unspecified atom stereocenters. The summed E-state index contributed by atoms with van der Waals surface area (Å²) in [6, 6.07) is 6.50. The number of carbonyl (C=O) groups excluding carboxylic acids is 1. The molecule has 1 amide bonds. The van der Waals surface area contributed by atoms with E-state index in [1.165, 1.54) is 0 Å². The van der Waals surface area contributed by atoms with Crippen molar-refractivity contribution < 1.29 is 13.2 Å². The highest BCUT2D eigenvalue weighted by atomic mass is 79.9. The molecule has 0 saturated heterocycles. The molecule has 0 radical (unpaired) electrons. The molecule has 0 fully saturated rings. The number of aromatic nitrogens is 2. The van der Waals surface area contributed by atoms with E-state index in [2.05, 4.69) is 31.4 Å². The van der Waals surface area contributed by atoms with Crippen LogP contribution in [-0.4, -0.2) is 24.5 Å². The van der Waals surface area contributed by atoms with Crippen LogP contribution in [0, 0.1) is 0 Å². The summed E-state index contributed by atoms with van der Waals surface area (Å²) in [4.78, 5) is 12.3. The van der Waals surface area contributed by atoms with Crippen molar-refractivity contribution >= 4 is 37.5 Å². The van der Waals surface area contributed by atoms with Gasteiger partial charge in [-0.3, -0.25) is 9.89 Å². The zero-order valence-electron chi connectivity index (χ0n) is 12.6. The number of aromatic amines is 1. The highest BCUT2D eigenvalue weighted by molar-refractivity contribution is 9.10. The minimum atomic E-state index is -3.63. The Labute approximate surface area is 142 Å². The average molecular weight is 401 g/mol. The van der Waals surface area contributed by atoms with Gasteiger partial charge in [0.2, 0.25) is 10.0 Å². The van der Waals surface area contributed by atoms with E-state index in [9.17, 15) is 13.2 Å². The van der Waals surface area contributed by atoms with Gasteiger partial charge in [-0.15, -0.1) is 0 Å². The van der Waals surface area contributed by atoms with E-state index in [4.69, 9.17) is 5.14 Å². The van der Waals surface area contributed by atoms with Crippen molar-refractivity contribution in [3.8, 4) is 0 Å². The van der Waals surface area contributed by atoms with Crippen LogP contribution in [0.2, 0.25) is 0 Å². The number of primary sulfonamides is 1. The molecule has 124 valence electrons. The summed E-state index contributed by atoms with van der Waals surface area (Å²) in [5.41, 5.74) is 2.04. The van der Waals surface area contributed by atoms with Gasteiger partial charge in [0.05, 0.1) is 15.9 Å². The molecule has 0 saturated carbocycles.